The van der Waals surface area contributed by atoms with Crippen molar-refractivity contribution in [2.75, 3.05) is 12.4 Å². The number of benzene rings is 2. The van der Waals surface area contributed by atoms with Gasteiger partial charge < -0.3 is 10.2 Å². The normalized spacial score (nSPS) is 10.8. The van der Waals surface area contributed by atoms with Crippen LogP contribution in [-0.2, 0) is 29.2 Å². The molecule has 28 heavy (non-hydrogen) atoms. The van der Waals surface area contributed by atoms with Crippen LogP contribution in [0.1, 0.15) is 19.4 Å². The summed E-state index contributed by atoms with van der Waals surface area (Å²) in [4.78, 5) is 38.2. The lowest BCUT2D eigenvalue weighted by atomic mass is 10.2. The number of nitrogens with one attached hydrogen (secondary N) is 1. The van der Waals surface area contributed by atoms with Crippen molar-refractivity contribution >= 4 is 28.5 Å². The molecule has 0 atom stereocenters. The fourth-order valence-corrected chi connectivity index (χ4v) is 3.21. The van der Waals surface area contributed by atoms with Crippen LogP contribution >= 0.6 is 0 Å². The number of anilines is 1. The Morgan fingerprint density at radius 2 is 1.71 bits per heavy atom. The summed E-state index contributed by atoms with van der Waals surface area (Å²) in [6.07, 6.45) is 0. The average Bonchev–Trinajstić information content (AvgIpc) is 2.93. The quantitative estimate of drug-likeness (QED) is 0.714. The van der Waals surface area contributed by atoms with Crippen molar-refractivity contribution in [3.8, 4) is 0 Å². The van der Waals surface area contributed by atoms with Crippen molar-refractivity contribution in [2.45, 2.75) is 33.5 Å². The molecule has 0 aliphatic heterocycles. The van der Waals surface area contributed by atoms with Crippen LogP contribution in [0.15, 0.2) is 53.3 Å². The second-order valence-electron chi connectivity index (χ2n) is 6.73. The number of amides is 2. The van der Waals surface area contributed by atoms with Crippen molar-refractivity contribution in [3.63, 3.8) is 0 Å². The zero-order valence-corrected chi connectivity index (χ0v) is 16.3. The number of nitrogens with zero attached hydrogens (tertiary/aromatic N) is 3. The number of aryl methyl sites for hydroxylation is 1. The van der Waals surface area contributed by atoms with Crippen molar-refractivity contribution in [2.24, 2.45) is 0 Å². The summed E-state index contributed by atoms with van der Waals surface area (Å²) in [6.45, 7) is 4.35. The molecule has 0 saturated carbocycles. The van der Waals surface area contributed by atoms with Crippen molar-refractivity contribution in [3.05, 3.63) is 64.6 Å². The highest BCUT2D eigenvalue weighted by atomic mass is 16.2. The first-order valence-corrected chi connectivity index (χ1v) is 9.19. The Kier molecular flexibility index (Phi) is 5.63. The largest absolute Gasteiger partial charge is 0.342 e. The Morgan fingerprint density at radius 1 is 1.04 bits per heavy atom. The van der Waals surface area contributed by atoms with E-state index < -0.39 is 0 Å². The topological polar surface area (TPSA) is 76.3 Å². The van der Waals surface area contributed by atoms with Gasteiger partial charge in [-0.3, -0.25) is 18.7 Å². The number of hydrogen-bond acceptors (Lipinski definition) is 3. The molecule has 7 nitrogen and oxygen atoms in total. The van der Waals surface area contributed by atoms with Crippen LogP contribution in [0.2, 0.25) is 0 Å². The third kappa shape index (κ3) is 3.98. The number of aromatic nitrogens is 2. The lowest BCUT2D eigenvalue weighted by Crippen LogP contribution is -2.29. The molecule has 1 heterocycles. The lowest BCUT2D eigenvalue weighted by Gasteiger charge is -2.15. The Labute approximate surface area is 163 Å². The van der Waals surface area contributed by atoms with E-state index in [0.29, 0.717) is 18.8 Å². The third-order valence-corrected chi connectivity index (χ3v) is 4.71. The van der Waals surface area contributed by atoms with Crippen LogP contribution in [0.3, 0.4) is 0 Å². The monoisotopic (exact) mass is 380 g/mol. The summed E-state index contributed by atoms with van der Waals surface area (Å²) in [5.74, 6) is -0.306. The second-order valence-corrected chi connectivity index (χ2v) is 6.73. The predicted molar refractivity (Wildman–Crippen MR) is 109 cm³/mol. The standard InChI is InChI=1S/C21H24N4O3/c1-4-24-18-10-5-6-11-19(18)25(21(24)28)14-20(27)22-17-9-7-8-16(12-17)13-23(3)15(2)26/h5-12H,4,13-14H2,1-3H3,(H,22,27). The third-order valence-electron chi connectivity index (χ3n) is 4.71. The van der Waals surface area contributed by atoms with Gasteiger partial charge in [-0.05, 0) is 36.8 Å². The first-order chi connectivity index (χ1) is 13.4. The van der Waals surface area contributed by atoms with Crippen molar-refractivity contribution in [1.29, 1.82) is 0 Å². The molecule has 0 aliphatic rings. The number of rotatable bonds is 6. The Bertz CT molecular complexity index is 1080. The summed E-state index contributed by atoms with van der Waals surface area (Å²) in [5.41, 5.74) is 2.90. The molecule has 0 aliphatic carbocycles. The number of para-hydroxylation sites is 2. The SMILES string of the molecule is CCn1c(=O)n(CC(=O)Nc2cccc(CN(C)C(C)=O)c2)c2ccccc21. The number of carbonyl (C=O) groups is 2. The van der Waals surface area contributed by atoms with Crippen molar-refractivity contribution < 1.29 is 9.59 Å². The highest BCUT2D eigenvalue weighted by molar-refractivity contribution is 5.91. The fourth-order valence-electron chi connectivity index (χ4n) is 3.21. The van der Waals surface area contributed by atoms with Gasteiger partial charge in [0.1, 0.15) is 6.54 Å². The van der Waals surface area contributed by atoms with Gasteiger partial charge in [-0.25, -0.2) is 4.79 Å². The molecule has 1 aromatic heterocycles. The second kappa shape index (κ2) is 8.12. The average molecular weight is 380 g/mol. The van der Waals surface area contributed by atoms with Crippen LogP contribution in [0, 0.1) is 0 Å². The minimum atomic E-state index is -0.279. The highest BCUT2D eigenvalue weighted by Crippen LogP contribution is 2.15. The minimum absolute atomic E-state index is 0.0267. The maximum absolute atomic E-state index is 12.7. The predicted octanol–water partition coefficient (Wildman–Crippen LogP) is 2.44. The molecular formula is C21H24N4O3. The van der Waals surface area contributed by atoms with E-state index in [4.69, 9.17) is 0 Å². The van der Waals surface area contributed by atoms with E-state index in [1.807, 2.05) is 49.4 Å². The molecule has 7 heteroatoms. The molecule has 0 radical (unpaired) electrons. The van der Waals surface area contributed by atoms with Crippen LogP contribution in [0.25, 0.3) is 11.0 Å². The Morgan fingerprint density at radius 3 is 2.36 bits per heavy atom. The summed E-state index contributed by atoms with van der Waals surface area (Å²) in [6, 6.07) is 14.8. The van der Waals surface area contributed by atoms with Gasteiger partial charge in [0, 0.05) is 32.7 Å². The van der Waals surface area contributed by atoms with E-state index in [0.717, 1.165) is 16.6 Å². The number of imidazole rings is 1. The molecule has 2 amide bonds. The van der Waals surface area contributed by atoms with E-state index in [2.05, 4.69) is 5.32 Å². The molecule has 0 fully saturated rings. The molecule has 1 N–H and O–H groups in total. The van der Waals surface area contributed by atoms with E-state index in [-0.39, 0.29) is 24.0 Å². The maximum Gasteiger partial charge on any atom is 0.329 e. The summed E-state index contributed by atoms with van der Waals surface area (Å²) >= 11 is 0. The molecule has 2 aromatic carbocycles. The zero-order chi connectivity index (χ0) is 20.3. The molecular weight excluding hydrogens is 356 g/mol. The first-order valence-electron chi connectivity index (χ1n) is 9.19. The number of carbonyl (C=O) groups excluding carboxylic acids is 2. The number of fused-ring (bicyclic) bond motifs is 1. The summed E-state index contributed by atoms with van der Waals surface area (Å²) < 4.78 is 3.14. The summed E-state index contributed by atoms with van der Waals surface area (Å²) in [5, 5.41) is 2.84. The van der Waals surface area contributed by atoms with Crippen LogP contribution in [0.5, 0.6) is 0 Å². The van der Waals surface area contributed by atoms with Crippen molar-refractivity contribution in [1.82, 2.24) is 14.0 Å². The molecule has 146 valence electrons. The highest BCUT2D eigenvalue weighted by Gasteiger charge is 2.14. The van der Waals surface area contributed by atoms with Gasteiger partial charge >= 0.3 is 5.69 Å². The van der Waals surface area contributed by atoms with Gasteiger partial charge in [-0.15, -0.1) is 0 Å². The van der Waals surface area contributed by atoms with Crippen LogP contribution < -0.4 is 11.0 Å². The van der Waals surface area contributed by atoms with E-state index in [9.17, 15) is 14.4 Å². The minimum Gasteiger partial charge on any atom is -0.342 e. The molecule has 0 bridgehead atoms. The fraction of sp³-hybridized carbons (Fsp3) is 0.286. The molecule has 0 spiro atoms. The lowest BCUT2D eigenvalue weighted by molar-refractivity contribution is -0.128. The van der Waals surface area contributed by atoms with Gasteiger partial charge in [0.25, 0.3) is 0 Å². The van der Waals surface area contributed by atoms with Gasteiger partial charge in [0.05, 0.1) is 11.0 Å². The molecule has 0 unspecified atom stereocenters. The maximum atomic E-state index is 12.7. The van der Waals surface area contributed by atoms with E-state index >= 15 is 0 Å². The van der Waals surface area contributed by atoms with Gasteiger partial charge in [-0.1, -0.05) is 24.3 Å². The van der Waals surface area contributed by atoms with Crippen LogP contribution in [-0.4, -0.2) is 32.9 Å². The van der Waals surface area contributed by atoms with Gasteiger partial charge in [-0.2, -0.15) is 0 Å². The smallest absolute Gasteiger partial charge is 0.329 e. The van der Waals surface area contributed by atoms with Gasteiger partial charge in [0.2, 0.25) is 11.8 Å². The Hall–Kier alpha value is -3.35. The van der Waals surface area contributed by atoms with Crippen LogP contribution in [0.4, 0.5) is 5.69 Å². The Balaban J connectivity index is 1.79. The molecule has 0 saturated heterocycles. The molecule has 3 rings (SSSR count). The summed E-state index contributed by atoms with van der Waals surface area (Å²) in [7, 11) is 1.73. The number of hydrogen-bond donors (Lipinski definition) is 1. The van der Waals surface area contributed by atoms with E-state index in [1.165, 1.54) is 11.5 Å². The van der Waals surface area contributed by atoms with E-state index in [1.54, 1.807) is 22.6 Å². The van der Waals surface area contributed by atoms with Gasteiger partial charge in [0.15, 0.2) is 0 Å². The first kappa shape index (κ1) is 19.4. The zero-order valence-electron chi connectivity index (χ0n) is 16.3. The molecule has 3 aromatic rings.